The molecule has 0 atom stereocenters. The number of fused-ring (bicyclic) bond motifs is 1. The highest BCUT2D eigenvalue weighted by Crippen LogP contribution is 2.35. The van der Waals surface area contributed by atoms with E-state index in [0.29, 0.717) is 34.3 Å². The first-order chi connectivity index (χ1) is 16.9. The standard InChI is InChI=1S/C25H26FN5O4/c1-16(32)10-17-6-4-5-7-22(17)28-24-27-14-18-15-31(25(33)30(9-8-26)23(18)29-24)19-11-20(34-2)13-21(12-19)35-3/h4-7,11-14H,8-10,15H2,1-3H3,(H,27,28,29). The lowest BCUT2D eigenvalue weighted by atomic mass is 10.1. The molecule has 3 aromatic rings. The molecule has 1 aromatic heterocycles. The molecule has 0 bridgehead atoms. The fourth-order valence-electron chi connectivity index (χ4n) is 3.90. The average molecular weight is 480 g/mol. The van der Waals surface area contributed by atoms with Crippen molar-refractivity contribution in [1.29, 1.82) is 0 Å². The van der Waals surface area contributed by atoms with Crippen LogP contribution in [-0.4, -0.2) is 49.2 Å². The molecule has 182 valence electrons. The number of hydrogen-bond donors (Lipinski definition) is 1. The number of rotatable bonds is 9. The minimum atomic E-state index is -0.741. The third-order valence-electron chi connectivity index (χ3n) is 5.55. The molecule has 1 aliphatic rings. The number of urea groups is 1. The minimum absolute atomic E-state index is 0.0274. The van der Waals surface area contributed by atoms with Gasteiger partial charge in [-0.1, -0.05) is 18.2 Å². The normalized spacial score (nSPS) is 12.9. The molecule has 1 aliphatic heterocycles. The van der Waals surface area contributed by atoms with Gasteiger partial charge in [0.25, 0.3) is 0 Å². The van der Waals surface area contributed by atoms with Crippen LogP contribution < -0.4 is 24.6 Å². The van der Waals surface area contributed by atoms with Crippen molar-refractivity contribution in [3.05, 3.63) is 59.8 Å². The topological polar surface area (TPSA) is 96.9 Å². The molecule has 0 radical (unpaired) electrons. The van der Waals surface area contributed by atoms with Crippen LogP contribution in [0, 0.1) is 0 Å². The van der Waals surface area contributed by atoms with Crippen LogP contribution in [-0.2, 0) is 17.8 Å². The Hall–Kier alpha value is -4.21. The largest absolute Gasteiger partial charge is 0.497 e. The summed E-state index contributed by atoms with van der Waals surface area (Å²) in [5.74, 6) is 1.65. The van der Waals surface area contributed by atoms with E-state index in [4.69, 9.17) is 9.47 Å². The Kier molecular flexibility index (Phi) is 7.09. The SMILES string of the molecule is COc1cc(OC)cc(N2Cc3cnc(Nc4ccccc4CC(C)=O)nc3N(CCF)C2=O)c1. The van der Waals surface area contributed by atoms with E-state index in [1.807, 2.05) is 24.3 Å². The molecule has 2 amide bonds. The molecule has 0 saturated carbocycles. The quantitative estimate of drug-likeness (QED) is 0.489. The highest BCUT2D eigenvalue weighted by atomic mass is 19.1. The number of para-hydroxylation sites is 1. The number of anilines is 4. The van der Waals surface area contributed by atoms with E-state index < -0.39 is 12.7 Å². The van der Waals surface area contributed by atoms with E-state index in [-0.39, 0.29) is 31.2 Å². The molecule has 4 rings (SSSR count). The maximum Gasteiger partial charge on any atom is 0.330 e. The second-order valence-corrected chi connectivity index (χ2v) is 7.98. The summed E-state index contributed by atoms with van der Waals surface area (Å²) in [6.07, 6.45) is 1.87. The van der Waals surface area contributed by atoms with Gasteiger partial charge >= 0.3 is 6.03 Å². The number of carbonyl (C=O) groups is 2. The zero-order valence-electron chi connectivity index (χ0n) is 19.7. The summed E-state index contributed by atoms with van der Waals surface area (Å²) in [5.41, 5.74) is 2.69. The van der Waals surface area contributed by atoms with Gasteiger partial charge in [-0.3, -0.25) is 14.6 Å². The Bertz CT molecular complexity index is 1230. The van der Waals surface area contributed by atoms with E-state index >= 15 is 0 Å². The number of halogens is 1. The highest BCUT2D eigenvalue weighted by molar-refractivity contribution is 6.05. The van der Waals surface area contributed by atoms with E-state index in [0.717, 1.165) is 5.56 Å². The summed E-state index contributed by atoms with van der Waals surface area (Å²) in [5, 5.41) is 3.13. The first kappa shape index (κ1) is 23.9. The van der Waals surface area contributed by atoms with Crippen molar-refractivity contribution in [3.8, 4) is 11.5 Å². The third kappa shape index (κ3) is 5.16. The molecule has 2 aromatic carbocycles. The number of carbonyl (C=O) groups excluding carboxylic acids is 2. The summed E-state index contributed by atoms with van der Waals surface area (Å²) < 4.78 is 24.1. The highest BCUT2D eigenvalue weighted by Gasteiger charge is 2.33. The van der Waals surface area contributed by atoms with Crippen molar-refractivity contribution < 1.29 is 23.5 Å². The molecule has 0 unspecified atom stereocenters. The zero-order valence-corrected chi connectivity index (χ0v) is 19.7. The molecular formula is C25H26FN5O4. The Labute approximate surface area is 202 Å². The van der Waals surface area contributed by atoms with Gasteiger partial charge in [0, 0.05) is 42.1 Å². The molecule has 0 saturated heterocycles. The summed E-state index contributed by atoms with van der Waals surface area (Å²) in [4.78, 5) is 36.8. The predicted octanol–water partition coefficient (Wildman–Crippen LogP) is 4.29. The summed E-state index contributed by atoms with van der Waals surface area (Å²) >= 11 is 0. The second kappa shape index (κ2) is 10.4. The van der Waals surface area contributed by atoms with Gasteiger partial charge < -0.3 is 14.8 Å². The lowest BCUT2D eigenvalue weighted by Gasteiger charge is -2.36. The molecule has 0 spiro atoms. The number of methoxy groups -OCH3 is 2. The smallest absolute Gasteiger partial charge is 0.330 e. The number of amides is 2. The van der Waals surface area contributed by atoms with Gasteiger partial charge in [0.05, 0.1) is 33.0 Å². The molecule has 9 nitrogen and oxygen atoms in total. The van der Waals surface area contributed by atoms with Crippen LogP contribution in [0.15, 0.2) is 48.7 Å². The molecule has 1 N–H and O–H groups in total. The number of ketones is 1. The van der Waals surface area contributed by atoms with E-state index in [9.17, 15) is 14.0 Å². The maximum absolute atomic E-state index is 13.5. The molecule has 0 fully saturated rings. The Balaban J connectivity index is 1.69. The minimum Gasteiger partial charge on any atom is -0.497 e. The monoisotopic (exact) mass is 479 g/mol. The number of hydrogen-bond acceptors (Lipinski definition) is 7. The zero-order chi connectivity index (χ0) is 24.9. The van der Waals surface area contributed by atoms with Crippen molar-refractivity contribution in [2.24, 2.45) is 0 Å². The molecule has 35 heavy (non-hydrogen) atoms. The first-order valence-electron chi connectivity index (χ1n) is 11.0. The summed E-state index contributed by atoms with van der Waals surface area (Å²) in [6.45, 7) is 0.806. The fraction of sp³-hybridized carbons (Fsp3) is 0.280. The third-order valence-corrected chi connectivity index (χ3v) is 5.55. The number of benzene rings is 2. The Morgan fingerprint density at radius 2 is 1.86 bits per heavy atom. The Morgan fingerprint density at radius 1 is 1.14 bits per heavy atom. The maximum atomic E-state index is 13.5. The van der Waals surface area contributed by atoms with Crippen LogP contribution in [0.2, 0.25) is 0 Å². The lowest BCUT2D eigenvalue weighted by molar-refractivity contribution is -0.116. The van der Waals surface area contributed by atoms with Gasteiger partial charge in [0.1, 0.15) is 29.8 Å². The summed E-state index contributed by atoms with van der Waals surface area (Å²) in [7, 11) is 3.05. The van der Waals surface area contributed by atoms with Gasteiger partial charge in [-0.25, -0.2) is 14.2 Å². The van der Waals surface area contributed by atoms with Crippen molar-refractivity contribution in [2.75, 3.05) is 42.6 Å². The number of aromatic nitrogens is 2. The first-order valence-corrected chi connectivity index (χ1v) is 11.0. The van der Waals surface area contributed by atoms with Crippen molar-refractivity contribution in [1.82, 2.24) is 9.97 Å². The van der Waals surface area contributed by atoms with Gasteiger partial charge in [-0.2, -0.15) is 4.98 Å². The van der Waals surface area contributed by atoms with Crippen molar-refractivity contribution in [2.45, 2.75) is 19.9 Å². The van der Waals surface area contributed by atoms with Gasteiger partial charge in [-0.05, 0) is 18.6 Å². The fourth-order valence-corrected chi connectivity index (χ4v) is 3.90. The van der Waals surface area contributed by atoms with Crippen LogP contribution in [0.4, 0.5) is 32.3 Å². The van der Waals surface area contributed by atoms with E-state index in [2.05, 4.69) is 15.3 Å². The molecular weight excluding hydrogens is 453 g/mol. The van der Waals surface area contributed by atoms with E-state index in [1.165, 1.54) is 30.9 Å². The number of Topliss-reactive ketones (excluding diaryl/α,β-unsaturated/α-hetero) is 1. The molecule has 0 aliphatic carbocycles. The predicted molar refractivity (Wildman–Crippen MR) is 131 cm³/mol. The number of alkyl halides is 1. The van der Waals surface area contributed by atoms with Crippen molar-refractivity contribution in [3.63, 3.8) is 0 Å². The average Bonchev–Trinajstić information content (AvgIpc) is 2.86. The van der Waals surface area contributed by atoms with Crippen LogP contribution in [0.3, 0.4) is 0 Å². The van der Waals surface area contributed by atoms with Gasteiger partial charge in [-0.15, -0.1) is 0 Å². The second-order valence-electron chi connectivity index (χ2n) is 7.98. The van der Waals surface area contributed by atoms with Gasteiger partial charge in [0.15, 0.2) is 0 Å². The van der Waals surface area contributed by atoms with Crippen LogP contribution in [0.1, 0.15) is 18.1 Å². The van der Waals surface area contributed by atoms with E-state index in [1.54, 1.807) is 24.4 Å². The van der Waals surface area contributed by atoms with Crippen LogP contribution in [0.5, 0.6) is 11.5 Å². The Morgan fingerprint density at radius 3 is 2.51 bits per heavy atom. The number of ether oxygens (including phenoxy) is 2. The summed E-state index contributed by atoms with van der Waals surface area (Å²) in [6, 6.07) is 12.1. The van der Waals surface area contributed by atoms with Gasteiger partial charge in [0.2, 0.25) is 5.95 Å². The molecule has 2 heterocycles. The number of nitrogens with zero attached hydrogens (tertiary/aromatic N) is 4. The number of nitrogens with one attached hydrogen (secondary N) is 1. The molecule has 10 heteroatoms. The van der Waals surface area contributed by atoms with Crippen LogP contribution in [0.25, 0.3) is 0 Å². The van der Waals surface area contributed by atoms with Crippen molar-refractivity contribution >= 4 is 35.0 Å². The van der Waals surface area contributed by atoms with Crippen LogP contribution >= 0.6 is 0 Å². The lowest BCUT2D eigenvalue weighted by Crippen LogP contribution is -2.48.